The molecular weight excluding hydrogens is 354 g/mol. The highest BCUT2D eigenvalue weighted by molar-refractivity contribution is 5.65. The van der Waals surface area contributed by atoms with E-state index in [2.05, 4.69) is 26.6 Å². The quantitative estimate of drug-likeness (QED) is 0.435. The van der Waals surface area contributed by atoms with Crippen LogP contribution < -0.4 is 26.6 Å². The zero-order chi connectivity index (χ0) is 19.6. The largest absolute Gasteiger partial charge is 0.464 e. The molecule has 0 aromatic carbocycles. The zero-order valence-electron chi connectivity index (χ0n) is 17.6. The maximum absolute atomic E-state index is 11.3. The smallest absolute Gasteiger partial charge is 0.302 e. The Morgan fingerprint density at radius 1 is 0.714 bits per heavy atom. The van der Waals surface area contributed by atoms with Gasteiger partial charge in [-0.25, -0.2) is 0 Å². The molecule has 0 unspecified atom stereocenters. The number of carbonyl (C=O) groups is 1. The third kappa shape index (κ3) is 7.26. The number of ether oxygens (including phenoxy) is 1. The molecule has 0 radical (unpaired) electrons. The van der Waals surface area contributed by atoms with E-state index in [0.717, 1.165) is 32.7 Å². The van der Waals surface area contributed by atoms with Gasteiger partial charge in [0.25, 0.3) is 0 Å². The summed E-state index contributed by atoms with van der Waals surface area (Å²) in [6.07, 6.45) is 10.3. The van der Waals surface area contributed by atoms with Gasteiger partial charge in [0.15, 0.2) is 0 Å². The Morgan fingerprint density at radius 3 is 1.61 bits per heavy atom. The maximum atomic E-state index is 11.3. The van der Waals surface area contributed by atoms with Gasteiger partial charge in [-0.2, -0.15) is 0 Å². The van der Waals surface area contributed by atoms with E-state index in [0.29, 0.717) is 30.8 Å². The summed E-state index contributed by atoms with van der Waals surface area (Å²) < 4.78 is 5.30. The number of hydrogen-bond donors (Lipinski definition) is 5. The molecule has 3 rings (SSSR count). The molecule has 0 amide bonds. The first-order chi connectivity index (χ1) is 13.7. The fourth-order valence-electron chi connectivity index (χ4n) is 4.99. The minimum Gasteiger partial charge on any atom is -0.464 e. The van der Waals surface area contributed by atoms with Crippen LogP contribution in [-0.4, -0.2) is 75.5 Å². The van der Waals surface area contributed by atoms with E-state index >= 15 is 0 Å². The van der Waals surface area contributed by atoms with Crippen molar-refractivity contribution >= 4 is 5.97 Å². The third-order valence-corrected chi connectivity index (χ3v) is 6.55. The molecular formula is C21H41N5O2. The van der Waals surface area contributed by atoms with Crippen molar-refractivity contribution in [1.82, 2.24) is 26.6 Å². The first-order valence-corrected chi connectivity index (χ1v) is 11.5. The average Bonchev–Trinajstić information content (AvgIpc) is 2.71. The molecule has 2 saturated carbocycles. The van der Waals surface area contributed by atoms with Gasteiger partial charge < -0.3 is 31.3 Å². The fourth-order valence-corrected chi connectivity index (χ4v) is 4.99. The molecule has 2 aliphatic carbocycles. The van der Waals surface area contributed by atoms with Crippen molar-refractivity contribution < 1.29 is 9.53 Å². The summed E-state index contributed by atoms with van der Waals surface area (Å²) >= 11 is 0. The van der Waals surface area contributed by atoms with Crippen LogP contribution in [0.15, 0.2) is 0 Å². The lowest BCUT2D eigenvalue weighted by atomic mass is 9.89. The Bertz CT molecular complexity index is 464. The molecule has 28 heavy (non-hydrogen) atoms. The normalized spacial score (nSPS) is 36.2. The molecule has 1 saturated heterocycles. The van der Waals surface area contributed by atoms with Crippen LogP contribution in [0, 0.1) is 0 Å². The highest BCUT2D eigenvalue weighted by atomic mass is 16.5. The van der Waals surface area contributed by atoms with Gasteiger partial charge in [0, 0.05) is 63.8 Å². The lowest BCUT2D eigenvalue weighted by molar-refractivity contribution is -0.141. The molecule has 7 nitrogen and oxygen atoms in total. The van der Waals surface area contributed by atoms with Crippen LogP contribution in [0.2, 0.25) is 0 Å². The zero-order valence-corrected chi connectivity index (χ0v) is 17.6. The average molecular weight is 396 g/mol. The molecule has 0 bridgehead atoms. The summed E-state index contributed by atoms with van der Waals surface area (Å²) in [6, 6.07) is 2.33. The maximum Gasteiger partial charge on any atom is 0.302 e. The van der Waals surface area contributed by atoms with Crippen LogP contribution in [0.1, 0.15) is 58.3 Å². The first-order valence-electron chi connectivity index (χ1n) is 11.5. The summed E-state index contributed by atoms with van der Waals surface area (Å²) in [4.78, 5) is 11.3. The van der Waals surface area contributed by atoms with Gasteiger partial charge in [0.2, 0.25) is 0 Å². The molecule has 0 spiro atoms. The second-order valence-electron chi connectivity index (χ2n) is 8.72. The van der Waals surface area contributed by atoms with Crippen molar-refractivity contribution in [2.24, 2.45) is 0 Å². The van der Waals surface area contributed by atoms with E-state index < -0.39 is 0 Å². The second-order valence-corrected chi connectivity index (χ2v) is 8.72. The minimum atomic E-state index is -0.204. The second kappa shape index (κ2) is 12.1. The lowest BCUT2D eigenvalue weighted by Gasteiger charge is -2.35. The summed E-state index contributed by atoms with van der Waals surface area (Å²) in [7, 11) is 0. The minimum absolute atomic E-state index is 0.152. The summed E-state index contributed by atoms with van der Waals surface area (Å²) in [5.74, 6) is -0.204. The van der Waals surface area contributed by atoms with Gasteiger partial charge in [-0.15, -0.1) is 0 Å². The van der Waals surface area contributed by atoms with Crippen LogP contribution in [0.3, 0.4) is 0 Å². The Morgan fingerprint density at radius 2 is 1.14 bits per heavy atom. The van der Waals surface area contributed by atoms with Crippen molar-refractivity contribution in [2.75, 3.05) is 39.3 Å². The van der Waals surface area contributed by atoms with E-state index in [9.17, 15) is 4.79 Å². The summed E-state index contributed by atoms with van der Waals surface area (Å²) in [5.41, 5.74) is 0. The van der Waals surface area contributed by atoms with E-state index in [4.69, 9.17) is 4.74 Å². The van der Waals surface area contributed by atoms with E-state index in [-0.39, 0.29) is 12.0 Å². The number of esters is 1. The topological polar surface area (TPSA) is 86.5 Å². The predicted molar refractivity (Wildman–Crippen MR) is 113 cm³/mol. The van der Waals surface area contributed by atoms with Crippen molar-refractivity contribution in [3.05, 3.63) is 0 Å². The fraction of sp³-hybridized carbons (Fsp3) is 0.952. The van der Waals surface area contributed by atoms with Gasteiger partial charge in [0.1, 0.15) is 6.61 Å². The Hall–Kier alpha value is -0.730. The Kier molecular flexibility index (Phi) is 9.47. The van der Waals surface area contributed by atoms with E-state index in [1.165, 1.54) is 58.3 Å². The molecule has 5 atom stereocenters. The molecule has 1 heterocycles. The van der Waals surface area contributed by atoms with Crippen molar-refractivity contribution in [1.29, 1.82) is 0 Å². The van der Waals surface area contributed by atoms with E-state index in [1.807, 2.05) is 0 Å². The third-order valence-electron chi connectivity index (χ3n) is 6.55. The molecule has 1 aliphatic heterocycles. The van der Waals surface area contributed by atoms with Gasteiger partial charge >= 0.3 is 5.97 Å². The molecule has 162 valence electrons. The van der Waals surface area contributed by atoms with Crippen LogP contribution in [0.25, 0.3) is 0 Å². The van der Waals surface area contributed by atoms with Crippen LogP contribution in [-0.2, 0) is 9.53 Å². The molecule has 3 fully saturated rings. The monoisotopic (exact) mass is 395 g/mol. The standard InChI is InChI=1S/C21H41N5O2/c1-16(27)28-15-17-14-26-21-9-5-4-8-20(21)25-13-12-24-19-7-3-2-6-18(19)23-11-10-22-17/h17-26H,2-15H2,1H3/t17-,18+,19+,20+,21+/m0/s1. The molecule has 3 aliphatic rings. The Balaban J connectivity index is 1.59. The molecule has 0 aromatic rings. The first kappa shape index (κ1) is 22.0. The van der Waals surface area contributed by atoms with Crippen molar-refractivity contribution in [3.8, 4) is 0 Å². The van der Waals surface area contributed by atoms with Gasteiger partial charge in [0.05, 0.1) is 6.04 Å². The number of rotatable bonds is 2. The van der Waals surface area contributed by atoms with Gasteiger partial charge in [-0.3, -0.25) is 4.79 Å². The van der Waals surface area contributed by atoms with Crippen molar-refractivity contribution in [3.63, 3.8) is 0 Å². The Labute approximate surface area is 170 Å². The predicted octanol–water partition coefficient (Wildman–Crippen LogP) is 0.502. The number of carbonyl (C=O) groups excluding carboxylic acids is 1. The van der Waals surface area contributed by atoms with E-state index in [1.54, 1.807) is 0 Å². The summed E-state index contributed by atoms with van der Waals surface area (Å²) in [5, 5.41) is 18.7. The van der Waals surface area contributed by atoms with Crippen molar-refractivity contribution in [2.45, 2.75) is 88.5 Å². The molecule has 7 heteroatoms. The van der Waals surface area contributed by atoms with Gasteiger partial charge in [-0.05, 0) is 25.7 Å². The summed E-state index contributed by atoms with van der Waals surface area (Å²) in [6.45, 7) is 6.66. The number of nitrogens with one attached hydrogen (secondary N) is 5. The van der Waals surface area contributed by atoms with Crippen LogP contribution >= 0.6 is 0 Å². The number of fused-ring (bicyclic) bond motifs is 2. The number of hydrogen-bond acceptors (Lipinski definition) is 7. The molecule has 0 aromatic heterocycles. The molecule has 5 N–H and O–H groups in total. The SMILES string of the molecule is CC(=O)OC[C@@H]1CN[C@@H]2CCCC[C@H]2NCCN[C@@H]2CCCC[C@H]2NCCN1. The lowest BCUT2D eigenvalue weighted by Crippen LogP contribution is -2.54. The van der Waals surface area contributed by atoms with Crippen LogP contribution in [0.5, 0.6) is 0 Å². The van der Waals surface area contributed by atoms with Crippen LogP contribution in [0.4, 0.5) is 0 Å². The van der Waals surface area contributed by atoms with Gasteiger partial charge in [-0.1, -0.05) is 25.7 Å². The highest BCUT2D eigenvalue weighted by Gasteiger charge is 2.27. The highest BCUT2D eigenvalue weighted by Crippen LogP contribution is 2.20.